The molecule has 0 aromatic heterocycles. The minimum absolute atomic E-state index is 0. The molecule has 4 aromatic rings. The zero-order valence-electron chi connectivity index (χ0n) is 22.3. The predicted molar refractivity (Wildman–Crippen MR) is 156 cm³/mol. The van der Waals surface area contributed by atoms with Gasteiger partial charge in [0.15, 0.2) is 23.3 Å². The first kappa shape index (κ1) is 43.3. The summed E-state index contributed by atoms with van der Waals surface area (Å²) in [6.45, 7) is 6.03. The third-order valence-electron chi connectivity index (χ3n) is 5.00. The molecule has 0 heterocycles. The van der Waals surface area contributed by atoms with Gasteiger partial charge in [0.25, 0.3) is 0 Å². The topological polar surface area (TPSA) is 18.5 Å². The lowest BCUT2D eigenvalue weighted by Gasteiger charge is -2.12. The molecule has 0 aliphatic rings. The van der Waals surface area contributed by atoms with Gasteiger partial charge in [-0.1, -0.05) is 96.0 Å². The molecule has 0 radical (unpaired) electrons. The van der Waals surface area contributed by atoms with Crippen molar-refractivity contribution in [1.29, 1.82) is 0 Å². The van der Waals surface area contributed by atoms with Crippen LogP contribution in [0.15, 0.2) is 77.3 Å². The van der Waals surface area contributed by atoms with E-state index >= 15 is 0 Å². The van der Waals surface area contributed by atoms with Crippen molar-refractivity contribution in [3.05, 3.63) is 117 Å². The molecular formula is C31H30BrF11O2. The number of alkyl halides is 6. The van der Waals surface area contributed by atoms with Crippen LogP contribution in [0.2, 0.25) is 0 Å². The van der Waals surface area contributed by atoms with E-state index in [2.05, 4.69) is 63.5 Å². The van der Waals surface area contributed by atoms with Crippen molar-refractivity contribution in [2.24, 2.45) is 0 Å². The summed E-state index contributed by atoms with van der Waals surface area (Å²) in [4.78, 5) is 0. The van der Waals surface area contributed by atoms with Crippen LogP contribution in [0.1, 0.15) is 31.5 Å². The van der Waals surface area contributed by atoms with Gasteiger partial charge in [0.1, 0.15) is 0 Å². The van der Waals surface area contributed by atoms with Crippen LogP contribution in [0.3, 0.4) is 0 Å². The summed E-state index contributed by atoms with van der Waals surface area (Å²) in [6.07, 6.45) is -10.3. The van der Waals surface area contributed by atoms with Crippen LogP contribution in [-0.4, -0.2) is 12.7 Å². The van der Waals surface area contributed by atoms with Crippen molar-refractivity contribution in [2.45, 2.75) is 48.3 Å². The van der Waals surface area contributed by atoms with Crippen LogP contribution in [0.25, 0.3) is 11.1 Å². The predicted octanol–water partition coefficient (Wildman–Crippen LogP) is 12.2. The zero-order valence-corrected chi connectivity index (χ0v) is 23.9. The van der Waals surface area contributed by atoms with Gasteiger partial charge in [-0.3, -0.25) is 4.70 Å². The average Bonchev–Trinajstić information content (AvgIpc) is 2.85. The highest BCUT2D eigenvalue weighted by atomic mass is 79.9. The van der Waals surface area contributed by atoms with E-state index in [0.717, 1.165) is 17.7 Å². The van der Waals surface area contributed by atoms with Gasteiger partial charge in [-0.2, -0.15) is 0 Å². The number of hydrogen-bond acceptors (Lipinski definition) is 2. The van der Waals surface area contributed by atoms with Gasteiger partial charge in [-0.15, -0.1) is 26.3 Å². The molecule has 0 saturated carbocycles. The first-order valence-electron chi connectivity index (χ1n) is 11.6. The number of hydrogen-bond donors (Lipinski definition) is 0. The maximum atomic E-state index is 13.5. The Morgan fingerprint density at radius 1 is 0.489 bits per heavy atom. The van der Waals surface area contributed by atoms with E-state index in [4.69, 9.17) is 0 Å². The third kappa shape index (κ3) is 15.2. The molecule has 0 spiro atoms. The second kappa shape index (κ2) is 18.2. The van der Waals surface area contributed by atoms with Gasteiger partial charge in [-0.05, 0) is 56.2 Å². The Balaban J connectivity index is 0. The van der Waals surface area contributed by atoms with Crippen LogP contribution >= 0.6 is 15.9 Å². The zero-order chi connectivity index (χ0) is 31.8. The molecule has 0 fully saturated rings. The lowest BCUT2D eigenvalue weighted by Crippen LogP contribution is -2.19. The molecule has 0 aliphatic heterocycles. The summed E-state index contributed by atoms with van der Waals surface area (Å²) < 4.78 is 130. The second-order valence-electron chi connectivity index (χ2n) is 8.58. The fourth-order valence-corrected chi connectivity index (χ4v) is 3.47. The Morgan fingerprint density at radius 2 is 0.756 bits per heavy atom. The molecule has 0 bridgehead atoms. The summed E-state index contributed by atoms with van der Waals surface area (Å²) in [5.74, 6) is -8.56. The maximum Gasteiger partial charge on any atom is 0.573 e. The maximum absolute atomic E-state index is 13.5. The van der Waals surface area contributed by atoms with Crippen molar-refractivity contribution >= 4 is 15.9 Å². The van der Waals surface area contributed by atoms with Crippen molar-refractivity contribution in [1.82, 2.24) is 0 Å². The van der Waals surface area contributed by atoms with E-state index in [1.165, 1.54) is 11.1 Å². The van der Waals surface area contributed by atoms with E-state index in [0.29, 0.717) is 17.7 Å². The van der Waals surface area contributed by atoms with Gasteiger partial charge < -0.3 is 9.47 Å². The van der Waals surface area contributed by atoms with Crippen LogP contribution in [-0.2, 0) is 0 Å². The number of halogens is 12. The smallest absolute Gasteiger partial charge is 0.399 e. The van der Waals surface area contributed by atoms with Gasteiger partial charge >= 0.3 is 12.7 Å². The fraction of sp³-hybridized carbons (Fsp3) is 0.226. The molecule has 45 heavy (non-hydrogen) atoms. The van der Waals surface area contributed by atoms with E-state index in [9.17, 15) is 43.9 Å². The van der Waals surface area contributed by atoms with Crippen molar-refractivity contribution in [2.75, 3.05) is 0 Å². The number of benzene rings is 4. The van der Waals surface area contributed by atoms with E-state index in [1.807, 2.05) is 6.92 Å². The summed E-state index contributed by atoms with van der Waals surface area (Å²) in [5, 5.41) is 0. The number of ether oxygens (including phenoxy) is 2. The second-order valence-corrected chi connectivity index (χ2v) is 9.50. The molecule has 4 rings (SSSR count). The summed E-state index contributed by atoms with van der Waals surface area (Å²) in [7, 11) is 0. The molecular weight excluding hydrogens is 693 g/mol. The lowest BCUT2D eigenvalue weighted by molar-refractivity contribution is -0.277. The molecule has 250 valence electrons. The van der Waals surface area contributed by atoms with E-state index < -0.39 is 47.5 Å². The lowest BCUT2D eigenvalue weighted by atomic mass is 10.0. The fourth-order valence-electron chi connectivity index (χ4n) is 3.06. The normalized spacial score (nSPS) is 10.4. The Hall–Kier alpha value is -3.81. The number of rotatable bonds is 3. The Bertz CT molecular complexity index is 1400. The minimum Gasteiger partial charge on any atom is -0.399 e. The minimum atomic E-state index is -5.15. The quantitative estimate of drug-likeness (QED) is 0.196. The number of aryl methyl sites for hydroxylation is 3. The van der Waals surface area contributed by atoms with Crippen LogP contribution in [0.4, 0.5) is 48.6 Å². The van der Waals surface area contributed by atoms with Gasteiger partial charge in [0.2, 0.25) is 11.5 Å². The standard InChI is InChI=1S/C14H9F5O.C8H10.C7H2BrF5O.2CH4.FH/c1-8-2-4-9(5-3-8)10-6-11(15)13(12(16)7-10)20-14(17,18)19;1-7-3-5-8(2)6-4-7;8-3-1-4(9)6(5(10)2-3)14-7(11,12)13;;;/h2-7H,1H3;3-6H,1-2H3;1-2H;2*1H4;1H. The van der Waals surface area contributed by atoms with E-state index in [-0.39, 0.29) is 29.6 Å². The third-order valence-corrected chi connectivity index (χ3v) is 5.46. The summed E-state index contributed by atoms with van der Waals surface area (Å²) in [5.41, 5.74) is 4.24. The van der Waals surface area contributed by atoms with Crippen LogP contribution < -0.4 is 9.47 Å². The summed E-state index contributed by atoms with van der Waals surface area (Å²) >= 11 is 2.71. The highest BCUT2D eigenvalue weighted by molar-refractivity contribution is 9.10. The van der Waals surface area contributed by atoms with Crippen molar-refractivity contribution in [3.8, 4) is 22.6 Å². The first-order valence-corrected chi connectivity index (χ1v) is 12.4. The molecule has 0 N–H and O–H groups in total. The highest BCUT2D eigenvalue weighted by Gasteiger charge is 2.35. The molecule has 0 amide bonds. The molecule has 2 nitrogen and oxygen atoms in total. The van der Waals surface area contributed by atoms with Crippen molar-refractivity contribution in [3.63, 3.8) is 0 Å². The Kier molecular flexibility index (Phi) is 17.5. The molecule has 14 heteroatoms. The molecule has 0 atom stereocenters. The van der Waals surface area contributed by atoms with Gasteiger partial charge in [-0.25, -0.2) is 17.6 Å². The molecule has 0 saturated heterocycles. The highest BCUT2D eigenvalue weighted by Crippen LogP contribution is 2.33. The average molecular weight is 723 g/mol. The molecule has 0 aliphatic carbocycles. The van der Waals surface area contributed by atoms with Crippen LogP contribution in [0.5, 0.6) is 11.5 Å². The Morgan fingerprint density at radius 3 is 1.04 bits per heavy atom. The summed E-state index contributed by atoms with van der Waals surface area (Å²) in [6, 6.07) is 18.1. The van der Waals surface area contributed by atoms with E-state index in [1.54, 1.807) is 24.3 Å². The Labute approximate surface area is 262 Å². The SMILES string of the molecule is C.C.Cc1ccc(-c2cc(F)c(OC(F)(F)F)c(F)c2)cc1.Cc1ccc(C)cc1.F.Fc1cc(Br)cc(F)c1OC(F)(F)F. The van der Waals surface area contributed by atoms with Gasteiger partial charge in [0, 0.05) is 4.47 Å². The van der Waals surface area contributed by atoms with Crippen LogP contribution in [0, 0.1) is 44.0 Å². The van der Waals surface area contributed by atoms with Gasteiger partial charge in [0.05, 0.1) is 0 Å². The monoisotopic (exact) mass is 722 g/mol. The first-order chi connectivity index (χ1) is 19.3. The molecule has 4 aromatic carbocycles. The largest absolute Gasteiger partial charge is 0.573 e. The molecule has 0 unspecified atom stereocenters. The van der Waals surface area contributed by atoms with Crippen molar-refractivity contribution < 1.29 is 58.1 Å².